The van der Waals surface area contributed by atoms with Crippen LogP contribution in [0.3, 0.4) is 0 Å². The quantitative estimate of drug-likeness (QED) is 0.884. The lowest BCUT2D eigenvalue weighted by atomic mass is 9.92. The van der Waals surface area contributed by atoms with Crippen molar-refractivity contribution in [1.82, 2.24) is 5.32 Å². The molecule has 0 bridgehead atoms. The normalized spacial score (nSPS) is 31.5. The Balaban J connectivity index is 1.85. The molecule has 1 aromatic rings. The molecule has 19 heavy (non-hydrogen) atoms. The summed E-state index contributed by atoms with van der Waals surface area (Å²) in [5.74, 6) is 1.11. The molecule has 0 radical (unpaired) electrons. The lowest BCUT2D eigenvalue weighted by Gasteiger charge is -2.30. The fourth-order valence-electron chi connectivity index (χ4n) is 3.35. The van der Waals surface area contributed by atoms with Crippen molar-refractivity contribution in [3.63, 3.8) is 0 Å². The minimum Gasteiger partial charge on any atom is -0.486 e. The second kappa shape index (κ2) is 4.54. The van der Waals surface area contributed by atoms with Gasteiger partial charge in [-0.2, -0.15) is 5.26 Å². The predicted octanol–water partition coefficient (Wildman–Crippen LogP) is 3.18. The number of ether oxygens (including phenoxy) is 1. The zero-order chi connectivity index (χ0) is 13.5. The Morgan fingerprint density at radius 1 is 1.32 bits per heavy atom. The van der Waals surface area contributed by atoms with Crippen LogP contribution < -0.4 is 10.1 Å². The molecule has 1 N–H and O–H groups in total. The highest BCUT2D eigenvalue weighted by atomic mass is 16.5. The molecule has 1 aliphatic carbocycles. The molecule has 0 saturated heterocycles. The third-order valence-corrected chi connectivity index (χ3v) is 4.36. The van der Waals surface area contributed by atoms with Crippen molar-refractivity contribution in [3.8, 4) is 11.8 Å². The second-order valence-corrected chi connectivity index (χ2v) is 6.12. The van der Waals surface area contributed by atoms with Crippen molar-refractivity contribution in [3.05, 3.63) is 29.8 Å². The topological polar surface area (TPSA) is 45.0 Å². The molecule has 2 aliphatic rings. The van der Waals surface area contributed by atoms with E-state index in [1.54, 1.807) is 0 Å². The first-order valence-electron chi connectivity index (χ1n) is 7.05. The van der Waals surface area contributed by atoms with Gasteiger partial charge in [-0.3, -0.25) is 0 Å². The number of nitrogens with one attached hydrogen (secondary N) is 1. The van der Waals surface area contributed by atoms with Gasteiger partial charge in [0.05, 0.1) is 18.0 Å². The second-order valence-electron chi connectivity index (χ2n) is 6.12. The van der Waals surface area contributed by atoms with Gasteiger partial charge in [-0.1, -0.05) is 24.6 Å². The van der Waals surface area contributed by atoms with Crippen molar-refractivity contribution in [1.29, 1.82) is 5.26 Å². The standard InChI is InChI=1S/C16H20N2O/c1-16(2)15(12-7-3-4-9-14(12)19-16)18-13-8-5-6-11(13)10-17/h3-4,7,9,11,13,15,18H,5-6,8H2,1-2H3. The van der Waals surface area contributed by atoms with Gasteiger partial charge in [0.15, 0.2) is 0 Å². The highest BCUT2D eigenvalue weighted by Crippen LogP contribution is 2.44. The highest BCUT2D eigenvalue weighted by molar-refractivity contribution is 5.42. The van der Waals surface area contributed by atoms with Crippen LogP contribution >= 0.6 is 0 Å². The van der Waals surface area contributed by atoms with Crippen LogP contribution in [-0.4, -0.2) is 11.6 Å². The van der Waals surface area contributed by atoms with Crippen LogP contribution in [-0.2, 0) is 0 Å². The van der Waals surface area contributed by atoms with Crippen LogP contribution in [0.15, 0.2) is 24.3 Å². The molecule has 3 nitrogen and oxygen atoms in total. The Morgan fingerprint density at radius 2 is 2.11 bits per heavy atom. The average molecular weight is 256 g/mol. The van der Waals surface area contributed by atoms with Crippen molar-refractivity contribution in [2.45, 2.75) is 50.8 Å². The monoisotopic (exact) mass is 256 g/mol. The van der Waals surface area contributed by atoms with Crippen LogP contribution in [0.4, 0.5) is 0 Å². The van der Waals surface area contributed by atoms with Crippen LogP contribution in [0.25, 0.3) is 0 Å². The molecule has 0 aromatic heterocycles. The van der Waals surface area contributed by atoms with E-state index in [9.17, 15) is 5.26 Å². The van der Waals surface area contributed by atoms with Gasteiger partial charge in [0.25, 0.3) is 0 Å². The van der Waals surface area contributed by atoms with E-state index in [4.69, 9.17) is 4.74 Å². The third kappa shape index (κ3) is 2.11. The van der Waals surface area contributed by atoms with Gasteiger partial charge in [-0.05, 0) is 32.8 Å². The average Bonchev–Trinajstić information content (AvgIpc) is 2.92. The van der Waals surface area contributed by atoms with Gasteiger partial charge >= 0.3 is 0 Å². The molecule has 0 spiro atoms. The molecule has 3 rings (SSSR count). The van der Waals surface area contributed by atoms with Gasteiger partial charge in [-0.25, -0.2) is 0 Å². The lowest BCUT2D eigenvalue weighted by molar-refractivity contribution is 0.0895. The van der Waals surface area contributed by atoms with Gasteiger partial charge in [0.2, 0.25) is 0 Å². The molecule has 1 aromatic carbocycles. The number of nitriles is 1. The maximum atomic E-state index is 9.21. The largest absolute Gasteiger partial charge is 0.486 e. The number of fused-ring (bicyclic) bond motifs is 1. The van der Waals surface area contributed by atoms with Crippen molar-refractivity contribution in [2.75, 3.05) is 0 Å². The van der Waals surface area contributed by atoms with E-state index in [1.807, 2.05) is 12.1 Å². The van der Waals surface area contributed by atoms with Gasteiger partial charge in [0.1, 0.15) is 11.4 Å². The molecule has 0 amide bonds. The summed E-state index contributed by atoms with van der Waals surface area (Å²) < 4.78 is 6.04. The highest BCUT2D eigenvalue weighted by Gasteiger charge is 2.43. The maximum absolute atomic E-state index is 9.21. The molecular formula is C16H20N2O. The van der Waals surface area contributed by atoms with E-state index in [1.165, 1.54) is 5.56 Å². The molecule has 1 fully saturated rings. The summed E-state index contributed by atoms with van der Waals surface area (Å²) in [6.07, 6.45) is 3.25. The Kier molecular flexibility index (Phi) is 2.99. The Hall–Kier alpha value is -1.53. The summed E-state index contributed by atoms with van der Waals surface area (Å²) in [7, 11) is 0. The zero-order valence-electron chi connectivity index (χ0n) is 11.5. The Labute approximate surface area is 114 Å². The first-order valence-corrected chi connectivity index (χ1v) is 7.05. The summed E-state index contributed by atoms with van der Waals surface area (Å²) in [6.45, 7) is 4.22. The number of hydrogen-bond acceptors (Lipinski definition) is 3. The maximum Gasteiger partial charge on any atom is 0.125 e. The summed E-state index contributed by atoms with van der Waals surface area (Å²) in [5, 5.41) is 12.9. The van der Waals surface area contributed by atoms with E-state index >= 15 is 0 Å². The molecule has 1 aliphatic heterocycles. The van der Waals surface area contributed by atoms with E-state index in [-0.39, 0.29) is 17.6 Å². The zero-order valence-corrected chi connectivity index (χ0v) is 11.5. The first kappa shape index (κ1) is 12.5. The summed E-state index contributed by atoms with van der Waals surface area (Å²) >= 11 is 0. The van der Waals surface area contributed by atoms with Crippen LogP contribution in [0, 0.1) is 17.2 Å². The number of rotatable bonds is 2. The fourth-order valence-corrected chi connectivity index (χ4v) is 3.35. The van der Waals surface area contributed by atoms with E-state index < -0.39 is 0 Å². The molecule has 3 atom stereocenters. The number of para-hydroxylation sites is 1. The minimum absolute atomic E-state index is 0.142. The van der Waals surface area contributed by atoms with Crippen LogP contribution in [0.2, 0.25) is 0 Å². The molecule has 100 valence electrons. The smallest absolute Gasteiger partial charge is 0.125 e. The van der Waals surface area contributed by atoms with E-state index in [0.717, 1.165) is 25.0 Å². The lowest BCUT2D eigenvalue weighted by Crippen LogP contribution is -2.44. The van der Waals surface area contributed by atoms with E-state index in [0.29, 0.717) is 6.04 Å². The van der Waals surface area contributed by atoms with Gasteiger partial charge in [0, 0.05) is 11.6 Å². The number of hydrogen-bond donors (Lipinski definition) is 1. The molecular weight excluding hydrogens is 236 g/mol. The SMILES string of the molecule is CC1(C)Oc2ccccc2C1NC1CCCC1C#N. The predicted molar refractivity (Wildman–Crippen MR) is 73.8 cm³/mol. The van der Waals surface area contributed by atoms with Crippen molar-refractivity contribution >= 4 is 0 Å². The number of nitrogens with zero attached hydrogens (tertiary/aromatic N) is 1. The van der Waals surface area contributed by atoms with Crippen molar-refractivity contribution < 1.29 is 4.74 Å². The van der Waals surface area contributed by atoms with Gasteiger partial charge < -0.3 is 10.1 Å². The Morgan fingerprint density at radius 3 is 2.89 bits per heavy atom. The first-order chi connectivity index (χ1) is 9.12. The molecule has 3 unspecified atom stereocenters. The van der Waals surface area contributed by atoms with Gasteiger partial charge in [-0.15, -0.1) is 0 Å². The Bertz CT molecular complexity index is 518. The summed E-state index contributed by atoms with van der Waals surface area (Å²) in [6, 6.07) is 11.1. The summed E-state index contributed by atoms with van der Waals surface area (Å²) in [5.41, 5.74) is 0.961. The van der Waals surface area contributed by atoms with E-state index in [2.05, 4.69) is 37.4 Å². The fraction of sp³-hybridized carbons (Fsp3) is 0.562. The molecule has 1 heterocycles. The molecule has 3 heteroatoms. The van der Waals surface area contributed by atoms with Crippen LogP contribution in [0.1, 0.15) is 44.7 Å². The minimum atomic E-state index is -0.258. The van der Waals surface area contributed by atoms with Crippen molar-refractivity contribution in [2.24, 2.45) is 5.92 Å². The molecule has 1 saturated carbocycles. The van der Waals surface area contributed by atoms with Crippen LogP contribution in [0.5, 0.6) is 5.75 Å². The summed E-state index contributed by atoms with van der Waals surface area (Å²) in [4.78, 5) is 0. The third-order valence-electron chi connectivity index (χ3n) is 4.36. The number of benzene rings is 1.